The maximum atomic E-state index is 3.96. The summed E-state index contributed by atoms with van der Waals surface area (Å²) in [6, 6.07) is 0. The zero-order valence-electron chi connectivity index (χ0n) is 6.76. The van der Waals surface area contributed by atoms with Gasteiger partial charge in [0.1, 0.15) is 0 Å². The average molecular weight is 135 g/mol. The number of allylic oxidation sites excluding steroid dienone is 3. The molecular weight excluding hydrogens is 122 g/mol. The van der Waals surface area contributed by atoms with Crippen LogP contribution in [0.15, 0.2) is 23.9 Å². The molecule has 0 spiro atoms. The lowest BCUT2D eigenvalue weighted by Gasteiger charge is -2.18. The van der Waals surface area contributed by atoms with Gasteiger partial charge in [-0.1, -0.05) is 20.8 Å². The second-order valence-electron chi connectivity index (χ2n) is 3.49. The maximum absolute atomic E-state index is 3.96. The van der Waals surface area contributed by atoms with Crippen molar-refractivity contribution >= 4 is 6.21 Å². The highest BCUT2D eigenvalue weighted by Crippen LogP contribution is 2.25. The Bertz CT molecular complexity index is 201. The van der Waals surface area contributed by atoms with Crippen LogP contribution in [0.3, 0.4) is 0 Å². The largest absolute Gasteiger partial charge is 0.242 e. The summed E-state index contributed by atoms with van der Waals surface area (Å²) in [4.78, 5) is 3.96. The molecule has 1 heterocycles. The molecule has 0 amide bonds. The van der Waals surface area contributed by atoms with Crippen molar-refractivity contribution in [3.63, 3.8) is 0 Å². The Labute approximate surface area is 62.2 Å². The quantitative estimate of drug-likeness (QED) is 0.481. The van der Waals surface area contributed by atoms with Crippen molar-refractivity contribution in [3.05, 3.63) is 23.9 Å². The van der Waals surface area contributed by atoms with Crippen LogP contribution in [0.2, 0.25) is 0 Å². The fraction of sp³-hybridized carbons (Fsp3) is 0.444. The third kappa shape index (κ3) is 1.56. The van der Waals surface area contributed by atoms with Crippen molar-refractivity contribution in [2.45, 2.75) is 20.8 Å². The summed E-state index contributed by atoms with van der Waals surface area (Å²) in [5, 5.41) is 0. The summed E-state index contributed by atoms with van der Waals surface area (Å²) in [7, 11) is 0. The van der Waals surface area contributed by atoms with Gasteiger partial charge in [-0.3, -0.25) is 0 Å². The summed E-state index contributed by atoms with van der Waals surface area (Å²) < 4.78 is 0. The van der Waals surface area contributed by atoms with Crippen LogP contribution in [0.4, 0.5) is 0 Å². The molecular formula is C9H13N+. The molecule has 0 unspecified atom stereocenters. The molecule has 0 atom stereocenters. The first-order valence-electron chi connectivity index (χ1n) is 3.51. The predicted molar refractivity (Wildman–Crippen MR) is 44.9 cm³/mol. The molecule has 10 heavy (non-hydrogen) atoms. The van der Waals surface area contributed by atoms with E-state index in [9.17, 15) is 0 Å². The van der Waals surface area contributed by atoms with Gasteiger partial charge in [0.25, 0.3) is 0 Å². The zero-order valence-corrected chi connectivity index (χ0v) is 6.76. The number of rotatable bonds is 0. The van der Waals surface area contributed by atoms with Crippen molar-refractivity contribution in [2.24, 2.45) is 5.41 Å². The van der Waals surface area contributed by atoms with Crippen molar-refractivity contribution in [3.8, 4) is 0 Å². The number of nitrogens with zero attached hydrogens (tertiary/aromatic N) is 1. The highest BCUT2D eigenvalue weighted by atomic mass is 14.7. The monoisotopic (exact) mass is 135 g/mol. The second-order valence-corrected chi connectivity index (χ2v) is 3.49. The molecule has 0 fully saturated rings. The Balaban J connectivity index is 2.85. The smallest absolute Gasteiger partial charge is 0.0561 e. The van der Waals surface area contributed by atoms with E-state index in [-0.39, 0.29) is 5.41 Å². The Morgan fingerprint density at radius 3 is 2.30 bits per heavy atom. The van der Waals surface area contributed by atoms with E-state index in [2.05, 4.69) is 37.9 Å². The van der Waals surface area contributed by atoms with E-state index in [0.717, 1.165) is 0 Å². The summed E-state index contributed by atoms with van der Waals surface area (Å²) >= 11 is 0. The van der Waals surface area contributed by atoms with Crippen LogP contribution in [0.25, 0.3) is 0 Å². The van der Waals surface area contributed by atoms with Gasteiger partial charge in [-0.15, -0.1) is 0 Å². The van der Waals surface area contributed by atoms with Crippen LogP contribution in [-0.2, 0) is 0 Å². The molecule has 1 nitrogen and oxygen atoms in total. The molecule has 0 saturated carbocycles. The lowest BCUT2D eigenvalue weighted by atomic mass is 9.86. The summed E-state index contributed by atoms with van der Waals surface area (Å²) in [5.41, 5.74) is 1.59. The van der Waals surface area contributed by atoms with Gasteiger partial charge in [0.05, 0.1) is 4.99 Å². The van der Waals surface area contributed by atoms with Gasteiger partial charge >= 0.3 is 0 Å². The standard InChI is InChI=1S/C9H13N/c1-9(2,3)8-4-6-10-7-5-8/h4-7H,1-3H3/q+1. The fourth-order valence-electron chi connectivity index (χ4n) is 0.852. The van der Waals surface area contributed by atoms with Gasteiger partial charge in [0, 0.05) is 12.2 Å². The molecule has 0 aromatic carbocycles. The molecule has 0 bridgehead atoms. The minimum atomic E-state index is 0.253. The van der Waals surface area contributed by atoms with Crippen molar-refractivity contribution < 1.29 is 0 Å². The minimum Gasteiger partial charge on any atom is -0.0561 e. The highest BCUT2D eigenvalue weighted by Gasteiger charge is 2.16. The van der Waals surface area contributed by atoms with E-state index >= 15 is 0 Å². The molecule has 1 heteroatoms. The van der Waals surface area contributed by atoms with Crippen LogP contribution < -0.4 is 4.99 Å². The SMILES string of the molecule is CC(C)(C)C1=CC=[N+]C=C1. The van der Waals surface area contributed by atoms with E-state index in [0.29, 0.717) is 0 Å². The van der Waals surface area contributed by atoms with Gasteiger partial charge < -0.3 is 0 Å². The number of aliphatic imine (C=N–C) groups is 1. The predicted octanol–water partition coefficient (Wildman–Crippen LogP) is 1.89. The van der Waals surface area contributed by atoms with E-state index in [1.165, 1.54) is 5.57 Å². The molecule has 0 saturated heterocycles. The first-order valence-corrected chi connectivity index (χ1v) is 3.51. The third-order valence-electron chi connectivity index (χ3n) is 1.55. The van der Waals surface area contributed by atoms with Crippen LogP contribution in [0, 0.1) is 5.41 Å². The fourth-order valence-corrected chi connectivity index (χ4v) is 0.852. The minimum absolute atomic E-state index is 0.253. The Kier molecular flexibility index (Phi) is 1.75. The lowest BCUT2D eigenvalue weighted by molar-refractivity contribution is 0.517. The Morgan fingerprint density at radius 2 is 2.00 bits per heavy atom. The van der Waals surface area contributed by atoms with Crippen LogP contribution in [0.1, 0.15) is 20.8 Å². The van der Waals surface area contributed by atoms with Gasteiger partial charge in [-0.05, 0) is 11.0 Å². The molecule has 1 rings (SSSR count). The highest BCUT2D eigenvalue weighted by molar-refractivity contribution is 5.74. The number of hydrogen-bond acceptors (Lipinski definition) is 1. The third-order valence-corrected chi connectivity index (χ3v) is 1.55. The normalized spacial score (nSPS) is 17.3. The van der Waals surface area contributed by atoms with Gasteiger partial charge in [0.2, 0.25) is 12.4 Å². The summed E-state index contributed by atoms with van der Waals surface area (Å²) in [6.45, 7) is 6.59. The molecule has 1 radical (unpaired) electrons. The molecule has 1 aliphatic heterocycles. The Hall–Kier alpha value is -0.850. The molecule has 0 aliphatic carbocycles. The molecule has 0 aromatic heterocycles. The van der Waals surface area contributed by atoms with Crippen molar-refractivity contribution in [1.29, 1.82) is 0 Å². The van der Waals surface area contributed by atoms with Gasteiger partial charge in [-0.25, -0.2) is 0 Å². The molecule has 0 N–H and O–H groups in total. The van der Waals surface area contributed by atoms with Crippen LogP contribution >= 0.6 is 0 Å². The maximum Gasteiger partial charge on any atom is 0.242 e. The van der Waals surface area contributed by atoms with Crippen LogP contribution in [0.5, 0.6) is 0 Å². The number of hydrogen-bond donors (Lipinski definition) is 0. The molecule has 53 valence electrons. The van der Waals surface area contributed by atoms with Crippen LogP contribution in [-0.4, -0.2) is 6.21 Å². The second kappa shape index (κ2) is 2.41. The lowest BCUT2D eigenvalue weighted by Crippen LogP contribution is -2.09. The average Bonchev–Trinajstić information content (AvgIpc) is 1.88. The first-order chi connectivity index (χ1) is 4.61. The summed E-state index contributed by atoms with van der Waals surface area (Å²) in [5.74, 6) is 0. The van der Waals surface area contributed by atoms with E-state index < -0.39 is 0 Å². The first kappa shape index (κ1) is 7.26. The van der Waals surface area contributed by atoms with Crippen molar-refractivity contribution in [1.82, 2.24) is 4.99 Å². The topological polar surface area (TPSA) is 14.1 Å². The van der Waals surface area contributed by atoms with Gasteiger partial charge in [-0.2, -0.15) is 0 Å². The van der Waals surface area contributed by atoms with E-state index in [4.69, 9.17) is 0 Å². The molecule has 1 aliphatic rings. The summed E-state index contributed by atoms with van der Waals surface area (Å²) in [6.07, 6.45) is 7.78. The van der Waals surface area contributed by atoms with E-state index in [1.54, 1.807) is 0 Å². The van der Waals surface area contributed by atoms with E-state index in [1.807, 2.05) is 12.4 Å². The van der Waals surface area contributed by atoms with Gasteiger partial charge in [0.15, 0.2) is 0 Å². The van der Waals surface area contributed by atoms with Crippen molar-refractivity contribution in [2.75, 3.05) is 0 Å². The Morgan fingerprint density at radius 1 is 1.30 bits per heavy atom. The zero-order chi connectivity index (χ0) is 7.61. The molecule has 0 aromatic rings.